The van der Waals surface area contributed by atoms with Crippen molar-refractivity contribution in [2.45, 2.75) is 39.4 Å². The van der Waals surface area contributed by atoms with Gasteiger partial charge in [0, 0.05) is 17.6 Å². The molecule has 7 heteroatoms. The lowest BCUT2D eigenvalue weighted by atomic mass is 9.87. The van der Waals surface area contributed by atoms with Crippen LogP contribution < -0.4 is 10.3 Å². The number of hydrogen-bond donors (Lipinski definition) is 0. The van der Waals surface area contributed by atoms with E-state index in [1.807, 2.05) is 24.3 Å². The minimum absolute atomic E-state index is 0.0576. The predicted molar refractivity (Wildman–Crippen MR) is 124 cm³/mol. The van der Waals surface area contributed by atoms with Gasteiger partial charge in [-0.3, -0.25) is 9.20 Å². The van der Waals surface area contributed by atoms with Gasteiger partial charge in [0.15, 0.2) is 4.96 Å². The fourth-order valence-electron chi connectivity index (χ4n) is 3.14. The van der Waals surface area contributed by atoms with Crippen molar-refractivity contribution in [1.82, 2.24) is 9.38 Å². The summed E-state index contributed by atoms with van der Waals surface area (Å²) in [5.41, 5.74) is 2.96. The molecular formula is C25H24N2O4S. The summed E-state index contributed by atoms with van der Waals surface area (Å²) in [7, 11) is 0. The highest BCUT2D eigenvalue weighted by atomic mass is 32.1. The lowest BCUT2D eigenvalue weighted by Gasteiger charge is -2.19. The van der Waals surface area contributed by atoms with E-state index >= 15 is 0 Å². The van der Waals surface area contributed by atoms with Gasteiger partial charge in [0.2, 0.25) is 0 Å². The molecule has 0 spiro atoms. The molecule has 2 aromatic heterocycles. The fourth-order valence-corrected chi connectivity index (χ4v) is 3.88. The van der Waals surface area contributed by atoms with Crippen LogP contribution >= 0.6 is 11.3 Å². The Bertz CT molecular complexity index is 1280. The van der Waals surface area contributed by atoms with Gasteiger partial charge >= 0.3 is 5.97 Å². The largest absolute Gasteiger partial charge is 0.489 e. The SMILES string of the molecule is CC(C)(C)c1ccc(OCc2ccc(C(=O)OCc3cc(=O)n4ccsc4n3)cc2)cc1. The first-order valence-electron chi connectivity index (χ1n) is 10.2. The summed E-state index contributed by atoms with van der Waals surface area (Å²) >= 11 is 1.35. The molecule has 0 saturated heterocycles. The summed E-state index contributed by atoms with van der Waals surface area (Å²) in [6, 6.07) is 16.6. The van der Waals surface area contributed by atoms with Crippen LogP contribution in [0.25, 0.3) is 4.96 Å². The van der Waals surface area contributed by atoms with E-state index in [9.17, 15) is 9.59 Å². The Morgan fingerprint density at radius 2 is 1.75 bits per heavy atom. The summed E-state index contributed by atoms with van der Waals surface area (Å²) in [5, 5.41) is 1.78. The van der Waals surface area contributed by atoms with Crippen LogP contribution in [0.5, 0.6) is 5.75 Å². The molecule has 2 aromatic carbocycles. The van der Waals surface area contributed by atoms with Crippen molar-refractivity contribution in [1.29, 1.82) is 0 Å². The van der Waals surface area contributed by atoms with Crippen LogP contribution in [0, 0.1) is 0 Å². The molecule has 4 rings (SSSR count). The standard InChI is InChI=1S/C25H24N2O4S/c1-25(2,3)19-8-10-21(11-9-19)30-15-17-4-6-18(7-5-17)23(29)31-16-20-14-22(28)27-12-13-32-24(27)26-20/h4-14H,15-16H2,1-3H3. The van der Waals surface area contributed by atoms with Crippen molar-refractivity contribution in [3.05, 3.63) is 98.9 Å². The summed E-state index contributed by atoms with van der Waals surface area (Å²) in [6.45, 7) is 6.87. The summed E-state index contributed by atoms with van der Waals surface area (Å²) < 4.78 is 12.6. The lowest BCUT2D eigenvalue weighted by molar-refractivity contribution is 0.0467. The van der Waals surface area contributed by atoms with Gasteiger partial charge in [0.1, 0.15) is 19.0 Å². The van der Waals surface area contributed by atoms with Crippen molar-refractivity contribution in [2.75, 3.05) is 0 Å². The van der Waals surface area contributed by atoms with Crippen LogP contribution in [0.15, 0.2) is 71.0 Å². The van der Waals surface area contributed by atoms with E-state index in [4.69, 9.17) is 9.47 Å². The maximum Gasteiger partial charge on any atom is 0.338 e. The van der Waals surface area contributed by atoms with Gasteiger partial charge in [-0.2, -0.15) is 0 Å². The van der Waals surface area contributed by atoms with E-state index < -0.39 is 5.97 Å². The molecule has 4 aromatic rings. The predicted octanol–water partition coefficient (Wildman–Crippen LogP) is 4.99. The van der Waals surface area contributed by atoms with Gasteiger partial charge < -0.3 is 9.47 Å². The highest BCUT2D eigenvalue weighted by Crippen LogP contribution is 2.24. The van der Waals surface area contributed by atoms with Gasteiger partial charge in [-0.05, 0) is 40.8 Å². The van der Waals surface area contributed by atoms with Gasteiger partial charge in [-0.1, -0.05) is 45.0 Å². The van der Waals surface area contributed by atoms with Crippen LogP contribution in [0.3, 0.4) is 0 Å². The molecule has 164 valence electrons. The first kappa shape index (κ1) is 21.8. The second kappa shape index (κ2) is 8.96. The smallest absolute Gasteiger partial charge is 0.338 e. The number of esters is 1. The molecule has 0 fully saturated rings. The Kier molecular flexibility index (Phi) is 6.10. The van der Waals surface area contributed by atoms with Crippen LogP contribution in [0.1, 0.15) is 48.0 Å². The second-order valence-corrected chi connectivity index (χ2v) is 9.35. The monoisotopic (exact) mass is 448 g/mol. The molecule has 0 amide bonds. The normalized spacial score (nSPS) is 11.5. The topological polar surface area (TPSA) is 69.9 Å². The van der Waals surface area contributed by atoms with Crippen molar-refractivity contribution < 1.29 is 14.3 Å². The van der Waals surface area contributed by atoms with Gasteiger partial charge in [-0.15, -0.1) is 11.3 Å². The molecule has 0 N–H and O–H groups in total. The highest BCUT2D eigenvalue weighted by molar-refractivity contribution is 7.15. The average Bonchev–Trinajstić information content (AvgIpc) is 3.25. The number of thiazole rings is 1. The van der Waals surface area contributed by atoms with E-state index in [0.29, 0.717) is 22.8 Å². The molecule has 0 saturated carbocycles. The number of nitrogens with zero attached hydrogens (tertiary/aromatic N) is 2. The van der Waals surface area contributed by atoms with E-state index in [1.165, 1.54) is 27.4 Å². The van der Waals surface area contributed by atoms with Gasteiger partial charge in [-0.25, -0.2) is 9.78 Å². The van der Waals surface area contributed by atoms with Gasteiger partial charge in [0.05, 0.1) is 11.3 Å². The van der Waals surface area contributed by atoms with Crippen LogP contribution in [0.4, 0.5) is 0 Å². The molecule has 0 bridgehead atoms. The zero-order valence-electron chi connectivity index (χ0n) is 18.2. The quantitative estimate of drug-likeness (QED) is 0.389. The summed E-state index contributed by atoms with van der Waals surface area (Å²) in [4.78, 5) is 29.3. The maximum atomic E-state index is 12.4. The van der Waals surface area contributed by atoms with Crippen LogP contribution in [-0.4, -0.2) is 15.4 Å². The number of carbonyl (C=O) groups is 1. The third-order valence-electron chi connectivity index (χ3n) is 5.02. The highest BCUT2D eigenvalue weighted by Gasteiger charge is 2.13. The number of aromatic nitrogens is 2. The van der Waals surface area contributed by atoms with Crippen molar-refractivity contribution in [2.24, 2.45) is 0 Å². The average molecular weight is 449 g/mol. The lowest BCUT2D eigenvalue weighted by Crippen LogP contribution is -2.14. The van der Waals surface area contributed by atoms with E-state index in [-0.39, 0.29) is 17.6 Å². The fraction of sp³-hybridized carbons (Fsp3) is 0.240. The van der Waals surface area contributed by atoms with E-state index in [0.717, 1.165) is 11.3 Å². The molecule has 0 radical (unpaired) electrons. The Hall–Kier alpha value is -3.45. The van der Waals surface area contributed by atoms with Crippen LogP contribution in [-0.2, 0) is 23.4 Å². The number of rotatable bonds is 6. The Morgan fingerprint density at radius 1 is 1.03 bits per heavy atom. The first-order valence-corrected chi connectivity index (χ1v) is 11.1. The summed E-state index contributed by atoms with van der Waals surface area (Å²) in [5.74, 6) is 0.330. The molecule has 6 nitrogen and oxygen atoms in total. The Balaban J connectivity index is 1.32. The third-order valence-corrected chi connectivity index (χ3v) is 5.78. The van der Waals surface area contributed by atoms with Crippen LogP contribution in [0.2, 0.25) is 0 Å². The Morgan fingerprint density at radius 3 is 2.44 bits per heavy atom. The van der Waals surface area contributed by atoms with Crippen molar-refractivity contribution in [3.63, 3.8) is 0 Å². The first-order chi connectivity index (χ1) is 15.3. The maximum absolute atomic E-state index is 12.4. The van der Waals surface area contributed by atoms with E-state index in [1.54, 1.807) is 23.7 Å². The zero-order chi connectivity index (χ0) is 22.7. The minimum Gasteiger partial charge on any atom is -0.489 e. The molecule has 0 aliphatic heterocycles. The molecule has 32 heavy (non-hydrogen) atoms. The van der Waals surface area contributed by atoms with Crippen molar-refractivity contribution >= 4 is 22.3 Å². The number of benzene rings is 2. The molecule has 2 heterocycles. The number of fused-ring (bicyclic) bond motifs is 1. The van der Waals surface area contributed by atoms with Gasteiger partial charge in [0.25, 0.3) is 5.56 Å². The number of carbonyl (C=O) groups excluding carboxylic acids is 1. The van der Waals surface area contributed by atoms with E-state index in [2.05, 4.69) is 37.9 Å². The summed E-state index contributed by atoms with van der Waals surface area (Å²) in [6.07, 6.45) is 1.66. The second-order valence-electron chi connectivity index (χ2n) is 8.48. The zero-order valence-corrected chi connectivity index (χ0v) is 19.0. The minimum atomic E-state index is -0.469. The molecular weight excluding hydrogens is 424 g/mol. The third kappa shape index (κ3) is 5.06. The number of ether oxygens (including phenoxy) is 2. The molecule has 0 aliphatic rings. The van der Waals surface area contributed by atoms with Crippen molar-refractivity contribution in [3.8, 4) is 5.75 Å². The molecule has 0 atom stereocenters. The molecule has 0 aliphatic carbocycles. The number of hydrogen-bond acceptors (Lipinski definition) is 6. The Labute approximate surface area is 190 Å². The molecule has 0 unspecified atom stereocenters.